The van der Waals surface area contributed by atoms with Gasteiger partial charge in [0, 0.05) is 51.4 Å². The Morgan fingerprint density at radius 2 is 1.79 bits per heavy atom. The molecule has 8 nitrogen and oxygen atoms in total. The predicted octanol–water partition coefficient (Wildman–Crippen LogP) is 1.83. The zero-order valence-electron chi connectivity index (χ0n) is 19.7. The van der Waals surface area contributed by atoms with Gasteiger partial charge in [-0.15, -0.1) is 24.0 Å². The summed E-state index contributed by atoms with van der Waals surface area (Å²) in [6, 6.07) is 3.89. The number of phenols is 1. The Bertz CT molecular complexity index is 821. The minimum Gasteiger partial charge on any atom is -0.508 e. The maximum absolute atomic E-state index is 12.5. The number of benzene rings is 1. The van der Waals surface area contributed by atoms with Gasteiger partial charge in [-0.3, -0.25) is 9.69 Å². The Labute approximate surface area is 214 Å². The van der Waals surface area contributed by atoms with E-state index in [2.05, 4.69) is 28.1 Å². The lowest BCUT2D eigenvalue weighted by Crippen LogP contribution is -2.54. The third kappa shape index (κ3) is 6.73. The highest BCUT2D eigenvalue weighted by Crippen LogP contribution is 2.31. The van der Waals surface area contributed by atoms with Gasteiger partial charge in [0.05, 0.1) is 26.3 Å². The van der Waals surface area contributed by atoms with Crippen LogP contribution in [0.25, 0.3) is 0 Å². The summed E-state index contributed by atoms with van der Waals surface area (Å²) in [5.41, 5.74) is 3.64. The van der Waals surface area contributed by atoms with Crippen LogP contribution in [0.15, 0.2) is 17.1 Å². The molecular weight excluding hydrogens is 533 g/mol. The van der Waals surface area contributed by atoms with Crippen LogP contribution in [0.4, 0.5) is 0 Å². The summed E-state index contributed by atoms with van der Waals surface area (Å²) >= 11 is 0. The van der Waals surface area contributed by atoms with E-state index in [4.69, 9.17) is 9.73 Å². The number of hydrogen-bond donors (Lipinski definition) is 2. The standard InChI is InChI=1S/C24H37N5O3.HI/c1-2-25-24(26-17-21-20-6-4-3-5-19(20)7-8-22(21)30)29-11-9-27(10-12-29)18-23(31)28-13-15-32-16-14-28;/h7-8,30H,2-6,9-18H2,1H3,(H,25,26);1H. The number of guanidine groups is 1. The zero-order chi connectivity index (χ0) is 22.3. The van der Waals surface area contributed by atoms with Gasteiger partial charge in [0.15, 0.2) is 5.96 Å². The van der Waals surface area contributed by atoms with Crippen LogP contribution in [0.1, 0.15) is 36.5 Å². The molecule has 0 unspecified atom stereocenters. The second kappa shape index (κ2) is 12.8. The number of hydrogen-bond acceptors (Lipinski definition) is 5. The third-order valence-corrected chi connectivity index (χ3v) is 6.74. The molecule has 4 rings (SSSR count). The second-order valence-electron chi connectivity index (χ2n) is 8.83. The number of phenolic OH excluding ortho intramolecular Hbond substituents is 1. The van der Waals surface area contributed by atoms with Gasteiger partial charge in [-0.05, 0) is 49.8 Å². The lowest BCUT2D eigenvalue weighted by atomic mass is 9.88. The Morgan fingerprint density at radius 3 is 2.52 bits per heavy atom. The normalized spacial score (nSPS) is 19.6. The minimum absolute atomic E-state index is 0. The maximum Gasteiger partial charge on any atom is 0.236 e. The predicted molar refractivity (Wildman–Crippen MR) is 140 cm³/mol. The van der Waals surface area contributed by atoms with E-state index in [9.17, 15) is 9.90 Å². The van der Waals surface area contributed by atoms with Gasteiger partial charge in [-0.1, -0.05) is 6.07 Å². The van der Waals surface area contributed by atoms with Crippen LogP contribution in [0.2, 0.25) is 0 Å². The van der Waals surface area contributed by atoms with Crippen molar-refractivity contribution >= 4 is 35.8 Å². The number of carbonyl (C=O) groups excluding carboxylic acids is 1. The summed E-state index contributed by atoms with van der Waals surface area (Å²) < 4.78 is 5.35. The van der Waals surface area contributed by atoms with Gasteiger partial charge >= 0.3 is 0 Å². The topological polar surface area (TPSA) is 80.6 Å². The van der Waals surface area contributed by atoms with Crippen molar-refractivity contribution in [3.63, 3.8) is 0 Å². The molecule has 2 heterocycles. The number of nitrogens with zero attached hydrogens (tertiary/aromatic N) is 4. The molecule has 184 valence electrons. The molecule has 0 atom stereocenters. The molecule has 1 aliphatic carbocycles. The smallest absolute Gasteiger partial charge is 0.236 e. The van der Waals surface area contributed by atoms with Crippen LogP contribution in [0.3, 0.4) is 0 Å². The number of aryl methyl sites for hydroxylation is 1. The molecule has 2 fully saturated rings. The number of aliphatic imine (C=N–C) groups is 1. The minimum atomic E-state index is 0. The van der Waals surface area contributed by atoms with Gasteiger partial charge in [0.2, 0.25) is 5.91 Å². The van der Waals surface area contributed by atoms with Gasteiger partial charge in [0.1, 0.15) is 5.75 Å². The average Bonchev–Trinajstić information content (AvgIpc) is 2.84. The summed E-state index contributed by atoms with van der Waals surface area (Å²) in [4.78, 5) is 23.9. The summed E-state index contributed by atoms with van der Waals surface area (Å²) in [5, 5.41) is 13.9. The maximum atomic E-state index is 12.5. The van der Waals surface area contributed by atoms with Crippen molar-refractivity contribution in [3.8, 4) is 5.75 Å². The number of fused-ring (bicyclic) bond motifs is 1. The summed E-state index contributed by atoms with van der Waals surface area (Å²) in [7, 11) is 0. The van der Waals surface area contributed by atoms with Crippen molar-refractivity contribution in [3.05, 3.63) is 28.8 Å². The van der Waals surface area contributed by atoms with E-state index >= 15 is 0 Å². The van der Waals surface area contributed by atoms with Gasteiger partial charge in [-0.25, -0.2) is 4.99 Å². The first-order valence-electron chi connectivity index (χ1n) is 12.1. The quantitative estimate of drug-likeness (QED) is 0.319. The second-order valence-corrected chi connectivity index (χ2v) is 8.83. The molecule has 3 aliphatic rings. The molecule has 2 aliphatic heterocycles. The highest BCUT2D eigenvalue weighted by atomic mass is 127. The molecule has 1 amide bonds. The largest absolute Gasteiger partial charge is 0.508 e. The molecule has 1 aromatic carbocycles. The van der Waals surface area contributed by atoms with Crippen molar-refractivity contribution < 1.29 is 14.6 Å². The van der Waals surface area contributed by atoms with E-state index in [0.717, 1.165) is 57.1 Å². The third-order valence-electron chi connectivity index (χ3n) is 6.74. The Balaban J connectivity index is 0.00000306. The number of amides is 1. The fraction of sp³-hybridized carbons (Fsp3) is 0.667. The Kier molecular flexibility index (Phi) is 10.1. The first-order chi connectivity index (χ1) is 15.7. The van der Waals surface area contributed by atoms with E-state index in [1.54, 1.807) is 0 Å². The summed E-state index contributed by atoms with van der Waals surface area (Å²) in [6.45, 7) is 9.88. The molecule has 0 saturated carbocycles. The zero-order valence-corrected chi connectivity index (χ0v) is 22.1. The Morgan fingerprint density at radius 1 is 1.06 bits per heavy atom. The van der Waals surface area contributed by atoms with Gasteiger partial charge < -0.3 is 25.0 Å². The molecule has 0 aromatic heterocycles. The van der Waals surface area contributed by atoms with Crippen molar-refractivity contribution in [2.75, 3.05) is 65.6 Å². The molecule has 0 spiro atoms. The van der Waals surface area contributed by atoms with Crippen LogP contribution >= 0.6 is 24.0 Å². The molecule has 2 N–H and O–H groups in total. The molecular formula is C24H38IN5O3. The van der Waals surface area contributed by atoms with Crippen LogP contribution in [-0.2, 0) is 28.9 Å². The highest BCUT2D eigenvalue weighted by Gasteiger charge is 2.24. The number of rotatable bonds is 5. The highest BCUT2D eigenvalue weighted by molar-refractivity contribution is 14.0. The van der Waals surface area contributed by atoms with E-state index in [1.165, 1.54) is 24.0 Å². The van der Waals surface area contributed by atoms with Crippen LogP contribution in [0, 0.1) is 0 Å². The molecule has 2 saturated heterocycles. The van der Waals surface area contributed by atoms with Gasteiger partial charge in [0.25, 0.3) is 0 Å². The fourth-order valence-corrected chi connectivity index (χ4v) is 4.87. The number of nitrogens with one attached hydrogen (secondary N) is 1. The number of halogens is 1. The van der Waals surface area contributed by atoms with E-state index < -0.39 is 0 Å². The van der Waals surface area contributed by atoms with Crippen LogP contribution in [-0.4, -0.2) is 97.2 Å². The fourth-order valence-electron chi connectivity index (χ4n) is 4.87. The number of piperazine rings is 1. The summed E-state index contributed by atoms with van der Waals surface area (Å²) in [6.07, 6.45) is 4.53. The number of aromatic hydroxyl groups is 1. The average molecular weight is 572 g/mol. The Hall–Kier alpha value is -1.59. The number of morpholine rings is 1. The van der Waals surface area contributed by atoms with Crippen molar-refractivity contribution in [2.24, 2.45) is 4.99 Å². The van der Waals surface area contributed by atoms with Crippen LogP contribution < -0.4 is 5.32 Å². The van der Waals surface area contributed by atoms with E-state index in [0.29, 0.717) is 45.1 Å². The number of carbonyl (C=O) groups is 1. The first kappa shape index (κ1) is 26.0. The molecule has 0 bridgehead atoms. The van der Waals surface area contributed by atoms with Crippen molar-refractivity contribution in [1.82, 2.24) is 20.0 Å². The monoisotopic (exact) mass is 571 g/mol. The summed E-state index contributed by atoms with van der Waals surface area (Å²) in [5.74, 6) is 1.45. The van der Waals surface area contributed by atoms with Crippen LogP contribution in [0.5, 0.6) is 5.75 Å². The number of ether oxygens (including phenoxy) is 1. The molecule has 1 aromatic rings. The molecule has 9 heteroatoms. The van der Waals surface area contributed by atoms with E-state index in [-0.39, 0.29) is 29.9 Å². The van der Waals surface area contributed by atoms with Gasteiger partial charge in [-0.2, -0.15) is 0 Å². The van der Waals surface area contributed by atoms with Crippen molar-refractivity contribution in [1.29, 1.82) is 0 Å². The lowest BCUT2D eigenvalue weighted by molar-refractivity contribution is -0.136. The first-order valence-corrected chi connectivity index (χ1v) is 12.1. The lowest BCUT2D eigenvalue weighted by Gasteiger charge is -2.37. The van der Waals surface area contributed by atoms with E-state index in [1.807, 2.05) is 11.0 Å². The van der Waals surface area contributed by atoms with Crippen molar-refractivity contribution in [2.45, 2.75) is 39.2 Å². The SMILES string of the molecule is CCNC(=NCc1c(O)ccc2c1CCCC2)N1CCN(CC(=O)N2CCOCC2)CC1.I. The molecule has 0 radical (unpaired) electrons. The molecule has 33 heavy (non-hydrogen) atoms.